The number of aromatic nitrogens is 3. The molecule has 0 aliphatic carbocycles. The molecule has 0 fully saturated rings. The number of allylic oxidation sites excluding steroid dienone is 1. The maximum absolute atomic E-state index is 4.38. The Kier molecular flexibility index (Phi) is 4.83. The molecule has 0 aliphatic rings. The Bertz CT molecular complexity index is 798. The molecule has 0 unspecified atom stereocenters. The van der Waals surface area contributed by atoms with Gasteiger partial charge >= 0.3 is 0 Å². The highest BCUT2D eigenvalue weighted by Crippen LogP contribution is 2.15. The molecule has 0 amide bonds. The first-order chi connectivity index (χ1) is 11.4. The minimum atomic E-state index is 0.357. The van der Waals surface area contributed by atoms with Crippen LogP contribution in [0.5, 0.6) is 0 Å². The van der Waals surface area contributed by atoms with Crippen LogP contribution in [0, 0.1) is 0 Å². The number of hydrazone groups is 1. The van der Waals surface area contributed by atoms with Crippen LogP contribution in [0.25, 0.3) is 17.3 Å². The fourth-order valence-corrected chi connectivity index (χ4v) is 1.96. The summed E-state index contributed by atoms with van der Waals surface area (Å²) in [4.78, 5) is 4.38. The fraction of sp³-hybridized carbons (Fsp3) is 0. The first-order valence-corrected chi connectivity index (χ1v) is 7.18. The molecule has 0 aliphatic heterocycles. The van der Waals surface area contributed by atoms with E-state index in [2.05, 4.69) is 25.7 Å². The number of benzene rings is 2. The lowest BCUT2D eigenvalue weighted by molar-refractivity contribution is 0.967. The van der Waals surface area contributed by atoms with Crippen LogP contribution < -0.4 is 5.43 Å². The van der Waals surface area contributed by atoms with Crippen LogP contribution in [0.4, 0.5) is 5.95 Å². The standard InChI is InChI=1S/C18H15N5/c1-3-8-15(9-4-1)10-7-13-19-22-18-21-17(14-20-23-18)16-11-5-2-6-12-16/h1-14H,(H,21,22,23)/b10-7+,19-13+. The Labute approximate surface area is 134 Å². The Morgan fingerprint density at radius 2 is 1.65 bits per heavy atom. The van der Waals surface area contributed by atoms with E-state index >= 15 is 0 Å². The van der Waals surface area contributed by atoms with Crippen LogP contribution >= 0.6 is 0 Å². The number of hydrogen-bond donors (Lipinski definition) is 1. The molecule has 0 radical (unpaired) electrons. The van der Waals surface area contributed by atoms with Crippen LogP contribution in [-0.2, 0) is 0 Å². The summed E-state index contributed by atoms with van der Waals surface area (Å²) in [6.45, 7) is 0. The predicted molar refractivity (Wildman–Crippen MR) is 92.9 cm³/mol. The Hall–Kier alpha value is -3.34. The molecule has 23 heavy (non-hydrogen) atoms. The van der Waals surface area contributed by atoms with Gasteiger partial charge in [0.05, 0.1) is 11.9 Å². The van der Waals surface area contributed by atoms with E-state index in [1.54, 1.807) is 12.4 Å². The third kappa shape index (κ3) is 4.31. The van der Waals surface area contributed by atoms with E-state index in [1.165, 1.54) is 0 Å². The zero-order valence-electron chi connectivity index (χ0n) is 12.4. The molecule has 3 rings (SSSR count). The van der Waals surface area contributed by atoms with E-state index in [0.717, 1.165) is 16.8 Å². The van der Waals surface area contributed by atoms with Crippen molar-refractivity contribution in [2.24, 2.45) is 5.10 Å². The van der Waals surface area contributed by atoms with E-state index < -0.39 is 0 Å². The third-order valence-electron chi connectivity index (χ3n) is 3.04. The van der Waals surface area contributed by atoms with Crippen molar-refractivity contribution >= 4 is 18.2 Å². The largest absolute Gasteiger partial charge is 0.263 e. The normalized spacial score (nSPS) is 11.1. The van der Waals surface area contributed by atoms with E-state index in [9.17, 15) is 0 Å². The van der Waals surface area contributed by atoms with Gasteiger partial charge in [-0.2, -0.15) is 10.2 Å². The van der Waals surface area contributed by atoms with Gasteiger partial charge in [-0.3, -0.25) is 0 Å². The molecule has 112 valence electrons. The van der Waals surface area contributed by atoms with Gasteiger partial charge < -0.3 is 0 Å². The Morgan fingerprint density at radius 1 is 0.913 bits per heavy atom. The Morgan fingerprint density at radius 3 is 2.43 bits per heavy atom. The molecule has 5 nitrogen and oxygen atoms in total. The quantitative estimate of drug-likeness (QED) is 0.577. The highest BCUT2D eigenvalue weighted by molar-refractivity contribution is 5.78. The number of rotatable bonds is 5. The summed E-state index contributed by atoms with van der Waals surface area (Å²) in [5, 5.41) is 11.9. The second-order valence-electron chi connectivity index (χ2n) is 4.69. The molecule has 1 N–H and O–H groups in total. The van der Waals surface area contributed by atoms with Crippen molar-refractivity contribution in [2.45, 2.75) is 0 Å². The third-order valence-corrected chi connectivity index (χ3v) is 3.04. The molecule has 0 saturated carbocycles. The second-order valence-corrected chi connectivity index (χ2v) is 4.69. The summed E-state index contributed by atoms with van der Waals surface area (Å²) in [6.07, 6.45) is 7.08. The average Bonchev–Trinajstić information content (AvgIpc) is 2.63. The van der Waals surface area contributed by atoms with Crippen molar-refractivity contribution in [2.75, 3.05) is 5.43 Å². The van der Waals surface area contributed by atoms with Crippen LogP contribution in [0.3, 0.4) is 0 Å². The topological polar surface area (TPSA) is 63.1 Å². The van der Waals surface area contributed by atoms with Crippen molar-refractivity contribution in [3.05, 3.63) is 78.5 Å². The van der Waals surface area contributed by atoms with Crippen molar-refractivity contribution in [1.82, 2.24) is 15.2 Å². The summed E-state index contributed by atoms with van der Waals surface area (Å²) in [5.74, 6) is 0.357. The van der Waals surface area contributed by atoms with Crippen LogP contribution in [0.15, 0.2) is 78.0 Å². The van der Waals surface area contributed by atoms with Crippen molar-refractivity contribution < 1.29 is 0 Å². The molecule has 1 heterocycles. The highest BCUT2D eigenvalue weighted by Gasteiger charge is 2.01. The highest BCUT2D eigenvalue weighted by atomic mass is 15.4. The summed E-state index contributed by atoms with van der Waals surface area (Å²) in [6, 6.07) is 19.8. The predicted octanol–water partition coefficient (Wildman–Crippen LogP) is 3.65. The number of anilines is 1. The van der Waals surface area contributed by atoms with Crippen LogP contribution in [-0.4, -0.2) is 21.4 Å². The van der Waals surface area contributed by atoms with Gasteiger partial charge in [-0.1, -0.05) is 66.7 Å². The number of nitrogens with zero attached hydrogens (tertiary/aromatic N) is 4. The fourth-order valence-electron chi connectivity index (χ4n) is 1.96. The molecular formula is C18H15N5. The van der Waals surface area contributed by atoms with E-state index in [1.807, 2.05) is 72.8 Å². The molecule has 3 aromatic rings. The van der Waals surface area contributed by atoms with E-state index in [-0.39, 0.29) is 0 Å². The van der Waals surface area contributed by atoms with Gasteiger partial charge in [0.25, 0.3) is 5.95 Å². The minimum Gasteiger partial charge on any atom is -0.244 e. The van der Waals surface area contributed by atoms with Crippen molar-refractivity contribution in [3.8, 4) is 11.3 Å². The van der Waals surface area contributed by atoms with Crippen LogP contribution in [0.2, 0.25) is 0 Å². The average molecular weight is 301 g/mol. The zero-order chi connectivity index (χ0) is 15.7. The van der Waals surface area contributed by atoms with Gasteiger partial charge in [-0.05, 0) is 11.6 Å². The van der Waals surface area contributed by atoms with Gasteiger partial charge in [0.2, 0.25) is 0 Å². The second kappa shape index (κ2) is 7.61. The number of hydrogen-bond acceptors (Lipinski definition) is 5. The summed E-state index contributed by atoms with van der Waals surface area (Å²) < 4.78 is 0. The molecule has 0 saturated heterocycles. The first-order valence-electron chi connectivity index (χ1n) is 7.18. The molecule has 0 spiro atoms. The molecule has 1 aromatic heterocycles. The SMILES string of the molecule is C(=C\c1ccccc1)/C=N/Nc1nncc(-c2ccccc2)n1. The van der Waals surface area contributed by atoms with Crippen molar-refractivity contribution in [3.63, 3.8) is 0 Å². The zero-order valence-corrected chi connectivity index (χ0v) is 12.4. The summed E-state index contributed by atoms with van der Waals surface area (Å²) >= 11 is 0. The number of nitrogens with one attached hydrogen (secondary N) is 1. The summed E-state index contributed by atoms with van der Waals surface area (Å²) in [5.41, 5.74) is 5.62. The lowest BCUT2D eigenvalue weighted by Crippen LogP contribution is -1.99. The van der Waals surface area contributed by atoms with E-state index in [4.69, 9.17) is 0 Å². The van der Waals surface area contributed by atoms with Gasteiger partial charge in [0.15, 0.2) is 0 Å². The van der Waals surface area contributed by atoms with Gasteiger partial charge in [0, 0.05) is 11.8 Å². The molecule has 0 bridgehead atoms. The van der Waals surface area contributed by atoms with Crippen LogP contribution in [0.1, 0.15) is 5.56 Å². The summed E-state index contributed by atoms with van der Waals surface area (Å²) in [7, 11) is 0. The lowest BCUT2D eigenvalue weighted by Gasteiger charge is -2.01. The lowest BCUT2D eigenvalue weighted by atomic mass is 10.2. The molecule has 2 aromatic carbocycles. The van der Waals surface area contributed by atoms with E-state index in [0.29, 0.717) is 5.95 Å². The first kappa shape index (κ1) is 14.6. The molecular weight excluding hydrogens is 286 g/mol. The molecule has 0 atom stereocenters. The van der Waals surface area contributed by atoms with Gasteiger partial charge in [-0.15, -0.1) is 5.10 Å². The smallest absolute Gasteiger partial charge is 0.244 e. The van der Waals surface area contributed by atoms with Gasteiger partial charge in [0.1, 0.15) is 0 Å². The van der Waals surface area contributed by atoms with Gasteiger partial charge in [-0.25, -0.2) is 10.4 Å². The minimum absolute atomic E-state index is 0.357. The van der Waals surface area contributed by atoms with Crippen molar-refractivity contribution in [1.29, 1.82) is 0 Å². The Balaban J connectivity index is 1.62. The monoisotopic (exact) mass is 301 g/mol. The maximum Gasteiger partial charge on any atom is 0.263 e. The maximum atomic E-state index is 4.38. The molecule has 5 heteroatoms.